The number of ketones is 2. The molecule has 1 aromatic carbocycles. The van der Waals surface area contributed by atoms with Gasteiger partial charge in [-0.3, -0.25) is 9.59 Å². The van der Waals surface area contributed by atoms with Crippen LogP contribution in [0, 0.1) is 5.41 Å². The van der Waals surface area contributed by atoms with Crippen LogP contribution in [-0.2, 0) is 10.2 Å². The Morgan fingerprint density at radius 3 is 2.74 bits per heavy atom. The molecule has 4 rings (SSSR count). The SMILES string of the molecule is C[C@@]12CCC[C@@]3(CC1=O)C2=CC(=O)c1ccccc13. The van der Waals surface area contributed by atoms with Crippen LogP contribution in [0.4, 0.5) is 0 Å². The molecule has 2 nitrogen and oxygen atoms in total. The van der Waals surface area contributed by atoms with E-state index in [0.29, 0.717) is 12.2 Å². The highest BCUT2D eigenvalue weighted by Gasteiger charge is 2.60. The van der Waals surface area contributed by atoms with Gasteiger partial charge in [-0.2, -0.15) is 0 Å². The van der Waals surface area contributed by atoms with Gasteiger partial charge in [0.25, 0.3) is 0 Å². The summed E-state index contributed by atoms with van der Waals surface area (Å²) in [4.78, 5) is 24.8. The minimum absolute atomic E-state index is 0.0732. The number of allylic oxidation sites excluding steroid dienone is 2. The van der Waals surface area contributed by atoms with Crippen LogP contribution >= 0.6 is 0 Å². The van der Waals surface area contributed by atoms with Crippen molar-refractivity contribution in [3.05, 3.63) is 47.0 Å². The van der Waals surface area contributed by atoms with Gasteiger partial charge in [-0.15, -0.1) is 0 Å². The van der Waals surface area contributed by atoms with Crippen LogP contribution in [0.5, 0.6) is 0 Å². The van der Waals surface area contributed by atoms with Crippen molar-refractivity contribution in [3.63, 3.8) is 0 Å². The lowest BCUT2D eigenvalue weighted by Gasteiger charge is -2.42. The molecule has 2 saturated carbocycles. The molecule has 19 heavy (non-hydrogen) atoms. The second-order valence-corrected chi connectivity index (χ2v) is 6.34. The number of carbonyl (C=O) groups excluding carboxylic acids is 2. The van der Waals surface area contributed by atoms with E-state index < -0.39 is 0 Å². The van der Waals surface area contributed by atoms with Crippen molar-refractivity contribution in [2.24, 2.45) is 5.41 Å². The molecule has 0 unspecified atom stereocenters. The molecule has 1 aromatic rings. The van der Waals surface area contributed by atoms with Crippen LogP contribution in [0.1, 0.15) is 48.5 Å². The zero-order chi connectivity index (χ0) is 13.3. The fourth-order valence-electron chi connectivity index (χ4n) is 4.48. The summed E-state index contributed by atoms with van der Waals surface area (Å²) in [6.07, 6.45) is 5.33. The Morgan fingerprint density at radius 2 is 1.89 bits per heavy atom. The van der Waals surface area contributed by atoms with Crippen molar-refractivity contribution in [2.45, 2.75) is 38.0 Å². The first-order valence-corrected chi connectivity index (χ1v) is 6.98. The molecule has 2 bridgehead atoms. The van der Waals surface area contributed by atoms with E-state index >= 15 is 0 Å². The Balaban J connectivity index is 2.06. The highest BCUT2D eigenvalue weighted by Crippen LogP contribution is 2.62. The van der Waals surface area contributed by atoms with Gasteiger partial charge in [-0.05, 0) is 37.0 Å². The van der Waals surface area contributed by atoms with Gasteiger partial charge in [0.15, 0.2) is 5.78 Å². The summed E-state index contributed by atoms with van der Waals surface area (Å²) in [5, 5.41) is 0. The summed E-state index contributed by atoms with van der Waals surface area (Å²) in [5.74, 6) is 0.393. The van der Waals surface area contributed by atoms with Crippen LogP contribution in [0.15, 0.2) is 35.9 Å². The zero-order valence-electron chi connectivity index (χ0n) is 11.0. The molecule has 0 saturated heterocycles. The Bertz CT molecular complexity index is 655. The molecule has 0 radical (unpaired) electrons. The number of fused-ring (bicyclic) bond motifs is 1. The van der Waals surface area contributed by atoms with E-state index in [-0.39, 0.29) is 16.6 Å². The van der Waals surface area contributed by atoms with E-state index in [2.05, 4.69) is 0 Å². The molecule has 0 spiro atoms. The Hall–Kier alpha value is -1.70. The fraction of sp³-hybridized carbons (Fsp3) is 0.412. The van der Waals surface area contributed by atoms with Gasteiger partial charge < -0.3 is 0 Å². The van der Waals surface area contributed by atoms with Crippen molar-refractivity contribution in [2.75, 3.05) is 0 Å². The highest BCUT2D eigenvalue weighted by atomic mass is 16.1. The van der Waals surface area contributed by atoms with E-state index in [9.17, 15) is 9.59 Å². The molecule has 0 aromatic heterocycles. The first-order chi connectivity index (χ1) is 9.08. The lowest BCUT2D eigenvalue weighted by Crippen LogP contribution is -2.37. The largest absolute Gasteiger partial charge is 0.299 e. The molecule has 0 amide bonds. The van der Waals surface area contributed by atoms with Crippen molar-refractivity contribution in [1.82, 2.24) is 0 Å². The summed E-state index contributed by atoms with van der Waals surface area (Å²) in [6.45, 7) is 2.03. The maximum absolute atomic E-state index is 12.5. The van der Waals surface area contributed by atoms with Gasteiger partial charge in [0.1, 0.15) is 5.78 Å². The number of rotatable bonds is 0. The third-order valence-electron chi connectivity index (χ3n) is 5.45. The third-order valence-corrected chi connectivity index (χ3v) is 5.45. The summed E-state index contributed by atoms with van der Waals surface area (Å²) in [7, 11) is 0. The summed E-state index contributed by atoms with van der Waals surface area (Å²) >= 11 is 0. The molecule has 2 fully saturated rings. The number of hydrogen-bond acceptors (Lipinski definition) is 2. The number of carbonyl (C=O) groups is 2. The zero-order valence-corrected chi connectivity index (χ0v) is 11.0. The summed E-state index contributed by atoms with van der Waals surface area (Å²) < 4.78 is 0. The number of benzene rings is 1. The molecule has 3 aliphatic carbocycles. The molecule has 96 valence electrons. The maximum atomic E-state index is 12.5. The van der Waals surface area contributed by atoms with Crippen LogP contribution < -0.4 is 0 Å². The molecule has 0 heterocycles. The first kappa shape index (κ1) is 11.2. The second kappa shape index (κ2) is 3.24. The van der Waals surface area contributed by atoms with Gasteiger partial charge >= 0.3 is 0 Å². The van der Waals surface area contributed by atoms with Crippen molar-refractivity contribution < 1.29 is 9.59 Å². The normalized spacial score (nSPS) is 35.7. The quantitative estimate of drug-likeness (QED) is 0.710. The predicted octanol–water partition coefficient (Wildman–Crippen LogP) is 3.21. The topological polar surface area (TPSA) is 34.1 Å². The van der Waals surface area contributed by atoms with E-state index in [1.165, 1.54) is 0 Å². The van der Waals surface area contributed by atoms with Gasteiger partial charge in [-0.25, -0.2) is 0 Å². The minimum Gasteiger partial charge on any atom is -0.299 e. The molecular formula is C17H16O2. The molecule has 2 atom stereocenters. The Kier molecular flexibility index (Phi) is 1.90. The van der Waals surface area contributed by atoms with Crippen molar-refractivity contribution >= 4 is 11.6 Å². The molecule has 0 aliphatic heterocycles. The summed E-state index contributed by atoms with van der Waals surface area (Å²) in [5.41, 5.74) is 2.43. The third kappa shape index (κ3) is 1.13. The van der Waals surface area contributed by atoms with E-state index in [4.69, 9.17) is 0 Å². The lowest BCUT2D eigenvalue weighted by atomic mass is 9.59. The smallest absolute Gasteiger partial charge is 0.186 e. The predicted molar refractivity (Wildman–Crippen MR) is 72.1 cm³/mol. The van der Waals surface area contributed by atoms with Crippen molar-refractivity contribution in [3.8, 4) is 0 Å². The second-order valence-electron chi connectivity index (χ2n) is 6.34. The minimum atomic E-state index is -0.387. The monoisotopic (exact) mass is 252 g/mol. The molecule has 0 N–H and O–H groups in total. The number of Topliss-reactive ketones (excluding diaryl/α,β-unsaturated/α-hetero) is 1. The van der Waals surface area contributed by atoms with Gasteiger partial charge in [0.2, 0.25) is 0 Å². The van der Waals surface area contributed by atoms with E-state index in [1.54, 1.807) is 6.08 Å². The maximum Gasteiger partial charge on any atom is 0.186 e. The standard InChI is InChI=1S/C17H16O2/c1-16-7-4-8-17(10-15(16)19)12-6-3-2-5-11(12)13(18)9-14(16)17/h2-3,5-6,9H,4,7-8,10H2,1H3/t16-,17-/m0/s1. The summed E-state index contributed by atoms with van der Waals surface area (Å²) in [6, 6.07) is 7.84. The van der Waals surface area contributed by atoms with Crippen LogP contribution in [0.25, 0.3) is 0 Å². The van der Waals surface area contributed by atoms with Crippen LogP contribution in [0.3, 0.4) is 0 Å². The number of hydrogen-bond donors (Lipinski definition) is 0. The lowest BCUT2D eigenvalue weighted by molar-refractivity contribution is -0.124. The average Bonchev–Trinajstić information content (AvgIpc) is 2.54. The highest BCUT2D eigenvalue weighted by molar-refractivity contribution is 6.11. The van der Waals surface area contributed by atoms with Crippen LogP contribution in [-0.4, -0.2) is 11.6 Å². The first-order valence-electron chi connectivity index (χ1n) is 6.98. The molecule has 2 heteroatoms. The molecular weight excluding hydrogens is 236 g/mol. The average molecular weight is 252 g/mol. The van der Waals surface area contributed by atoms with Crippen molar-refractivity contribution in [1.29, 1.82) is 0 Å². The molecule has 3 aliphatic rings. The Labute approximate surface area is 112 Å². The van der Waals surface area contributed by atoms with Gasteiger partial charge in [0, 0.05) is 22.8 Å². The van der Waals surface area contributed by atoms with Crippen LogP contribution in [0.2, 0.25) is 0 Å². The van der Waals surface area contributed by atoms with Gasteiger partial charge in [0.05, 0.1) is 0 Å². The van der Waals surface area contributed by atoms with E-state index in [1.807, 2.05) is 31.2 Å². The van der Waals surface area contributed by atoms with E-state index in [0.717, 1.165) is 36.0 Å². The Morgan fingerprint density at radius 1 is 1.11 bits per heavy atom. The fourth-order valence-corrected chi connectivity index (χ4v) is 4.48. The van der Waals surface area contributed by atoms with Gasteiger partial charge in [-0.1, -0.05) is 30.7 Å².